The predicted molar refractivity (Wildman–Crippen MR) is 58.3 cm³/mol. The molecule has 0 amide bonds. The zero-order chi connectivity index (χ0) is 10.0. The van der Waals surface area contributed by atoms with E-state index in [2.05, 4.69) is 43.5 Å². The highest BCUT2D eigenvalue weighted by atomic mass is 32.2. The average molecular weight is 198 g/mol. The van der Waals surface area contributed by atoms with Crippen molar-refractivity contribution in [2.75, 3.05) is 6.26 Å². The Balaban J connectivity index is 3.01. The number of aryl methyl sites for hydroxylation is 1. The molecular weight excluding hydrogens is 180 g/mol. The first-order chi connectivity index (χ1) is 6.06. The van der Waals surface area contributed by atoms with Crippen molar-refractivity contribution in [3.8, 4) is 0 Å². The third-order valence-corrected chi connectivity index (χ3v) is 2.83. The van der Waals surface area contributed by atoms with Gasteiger partial charge in [-0.25, -0.2) is 4.98 Å². The molecule has 0 spiro atoms. The van der Waals surface area contributed by atoms with Crippen LogP contribution in [0.5, 0.6) is 0 Å². The molecule has 0 aliphatic heterocycles. The maximum Gasteiger partial charge on any atom is 0.168 e. The zero-order valence-electron chi connectivity index (χ0n) is 9.09. The van der Waals surface area contributed by atoms with Crippen LogP contribution < -0.4 is 0 Å². The Morgan fingerprint density at radius 3 is 2.46 bits per heavy atom. The van der Waals surface area contributed by atoms with Crippen LogP contribution in [0.2, 0.25) is 0 Å². The van der Waals surface area contributed by atoms with E-state index >= 15 is 0 Å². The Hall–Kier alpha value is -0.440. The van der Waals surface area contributed by atoms with E-state index in [1.54, 1.807) is 11.8 Å². The molecule has 0 atom stereocenters. The van der Waals surface area contributed by atoms with Crippen molar-refractivity contribution in [1.29, 1.82) is 0 Å². The van der Waals surface area contributed by atoms with Gasteiger partial charge in [0.1, 0.15) is 0 Å². The van der Waals surface area contributed by atoms with Crippen molar-refractivity contribution in [3.63, 3.8) is 0 Å². The molecule has 2 nitrogen and oxygen atoms in total. The summed E-state index contributed by atoms with van der Waals surface area (Å²) in [6.07, 6.45) is 2.08. The summed E-state index contributed by atoms with van der Waals surface area (Å²) in [4.78, 5) is 4.51. The predicted octanol–water partition coefficient (Wildman–Crippen LogP) is 2.88. The van der Waals surface area contributed by atoms with Gasteiger partial charge in [-0.2, -0.15) is 0 Å². The first kappa shape index (κ1) is 10.6. The van der Waals surface area contributed by atoms with E-state index in [0.29, 0.717) is 5.92 Å². The van der Waals surface area contributed by atoms with Crippen LogP contribution in [0, 0.1) is 19.8 Å². The van der Waals surface area contributed by atoms with Gasteiger partial charge in [0.15, 0.2) is 5.16 Å². The Labute approximate surface area is 84.7 Å². The van der Waals surface area contributed by atoms with E-state index in [-0.39, 0.29) is 0 Å². The van der Waals surface area contributed by atoms with Gasteiger partial charge in [-0.05, 0) is 26.0 Å². The topological polar surface area (TPSA) is 17.8 Å². The molecule has 13 heavy (non-hydrogen) atoms. The highest BCUT2D eigenvalue weighted by molar-refractivity contribution is 7.98. The van der Waals surface area contributed by atoms with Gasteiger partial charge >= 0.3 is 0 Å². The Kier molecular flexibility index (Phi) is 3.42. The molecule has 3 heteroatoms. The molecule has 0 aliphatic carbocycles. The van der Waals surface area contributed by atoms with E-state index in [1.165, 1.54) is 5.69 Å². The Bertz CT molecular complexity index is 289. The highest BCUT2D eigenvalue weighted by Crippen LogP contribution is 2.19. The minimum atomic E-state index is 0.679. The Morgan fingerprint density at radius 2 is 2.00 bits per heavy atom. The normalized spacial score (nSPS) is 11.2. The number of nitrogens with zero attached hydrogens (tertiary/aromatic N) is 2. The van der Waals surface area contributed by atoms with Crippen LogP contribution in [-0.2, 0) is 6.54 Å². The fraction of sp³-hybridized carbons (Fsp3) is 0.700. The van der Waals surface area contributed by atoms with E-state index in [9.17, 15) is 0 Å². The van der Waals surface area contributed by atoms with E-state index in [1.807, 2.05) is 0 Å². The maximum absolute atomic E-state index is 4.51. The van der Waals surface area contributed by atoms with Crippen LogP contribution in [0.25, 0.3) is 0 Å². The molecule has 0 bridgehead atoms. The summed E-state index contributed by atoms with van der Waals surface area (Å²) < 4.78 is 2.31. The number of hydrogen-bond donors (Lipinski definition) is 0. The lowest BCUT2D eigenvalue weighted by molar-refractivity contribution is 0.486. The molecule has 1 aromatic heterocycles. The maximum atomic E-state index is 4.51. The van der Waals surface area contributed by atoms with Crippen LogP contribution in [0.15, 0.2) is 5.16 Å². The number of aromatic nitrogens is 2. The summed E-state index contributed by atoms with van der Waals surface area (Å²) in [6, 6.07) is 0. The molecule has 0 saturated carbocycles. The monoisotopic (exact) mass is 198 g/mol. The van der Waals surface area contributed by atoms with Gasteiger partial charge in [-0.15, -0.1) is 0 Å². The lowest BCUT2D eigenvalue weighted by atomic mass is 10.2. The lowest BCUT2D eigenvalue weighted by Crippen LogP contribution is -2.07. The van der Waals surface area contributed by atoms with Gasteiger partial charge < -0.3 is 4.57 Å². The van der Waals surface area contributed by atoms with Crippen molar-refractivity contribution in [2.45, 2.75) is 39.4 Å². The summed E-state index contributed by atoms with van der Waals surface area (Å²) in [5, 5.41) is 1.14. The van der Waals surface area contributed by atoms with Crippen molar-refractivity contribution >= 4 is 11.8 Å². The third-order valence-electron chi connectivity index (χ3n) is 2.15. The van der Waals surface area contributed by atoms with Crippen molar-refractivity contribution < 1.29 is 0 Å². The van der Waals surface area contributed by atoms with E-state index in [0.717, 1.165) is 17.4 Å². The van der Waals surface area contributed by atoms with Gasteiger partial charge in [-0.1, -0.05) is 25.6 Å². The van der Waals surface area contributed by atoms with Crippen LogP contribution in [-0.4, -0.2) is 15.8 Å². The second kappa shape index (κ2) is 4.18. The van der Waals surface area contributed by atoms with Crippen LogP contribution in [0.1, 0.15) is 25.2 Å². The summed E-state index contributed by atoms with van der Waals surface area (Å²) >= 11 is 1.72. The Morgan fingerprint density at radius 1 is 1.38 bits per heavy atom. The molecule has 74 valence electrons. The SMILES string of the molecule is CSc1nc(C)c(C)n1CC(C)C. The van der Waals surface area contributed by atoms with Crippen LogP contribution >= 0.6 is 11.8 Å². The second-order valence-electron chi connectivity index (χ2n) is 3.77. The smallest absolute Gasteiger partial charge is 0.168 e. The molecule has 0 radical (unpaired) electrons. The molecule has 0 N–H and O–H groups in total. The van der Waals surface area contributed by atoms with Crippen LogP contribution in [0.3, 0.4) is 0 Å². The fourth-order valence-electron chi connectivity index (χ4n) is 1.36. The molecule has 0 unspecified atom stereocenters. The quantitative estimate of drug-likeness (QED) is 0.695. The fourth-order valence-corrected chi connectivity index (χ4v) is 2.02. The summed E-state index contributed by atoms with van der Waals surface area (Å²) in [6.45, 7) is 9.76. The second-order valence-corrected chi connectivity index (χ2v) is 4.55. The molecule has 1 rings (SSSR count). The first-order valence-corrected chi connectivity index (χ1v) is 5.86. The third kappa shape index (κ3) is 2.27. The molecule has 1 aromatic rings. The number of hydrogen-bond acceptors (Lipinski definition) is 2. The number of imidazole rings is 1. The highest BCUT2D eigenvalue weighted by Gasteiger charge is 2.10. The lowest BCUT2D eigenvalue weighted by Gasteiger charge is -2.10. The van der Waals surface area contributed by atoms with Gasteiger partial charge in [0.05, 0.1) is 5.69 Å². The van der Waals surface area contributed by atoms with Gasteiger partial charge in [-0.3, -0.25) is 0 Å². The standard InChI is InChI=1S/C10H18N2S/c1-7(2)6-12-9(4)8(3)11-10(12)13-5/h7H,6H2,1-5H3. The summed E-state index contributed by atoms with van der Waals surface area (Å²) in [5.74, 6) is 0.679. The van der Waals surface area contributed by atoms with Crippen molar-refractivity contribution in [3.05, 3.63) is 11.4 Å². The zero-order valence-corrected chi connectivity index (χ0v) is 9.90. The molecule has 0 fully saturated rings. The number of thioether (sulfide) groups is 1. The molecule has 0 aromatic carbocycles. The summed E-state index contributed by atoms with van der Waals surface area (Å²) in [7, 11) is 0. The van der Waals surface area contributed by atoms with Gasteiger partial charge in [0.2, 0.25) is 0 Å². The average Bonchev–Trinajstić information content (AvgIpc) is 2.31. The van der Waals surface area contributed by atoms with Crippen LogP contribution in [0.4, 0.5) is 0 Å². The minimum absolute atomic E-state index is 0.679. The van der Waals surface area contributed by atoms with E-state index in [4.69, 9.17) is 0 Å². The molecule has 0 aliphatic rings. The van der Waals surface area contributed by atoms with Crippen molar-refractivity contribution in [2.24, 2.45) is 5.92 Å². The van der Waals surface area contributed by atoms with Crippen molar-refractivity contribution in [1.82, 2.24) is 9.55 Å². The molecular formula is C10H18N2S. The van der Waals surface area contributed by atoms with E-state index < -0.39 is 0 Å². The van der Waals surface area contributed by atoms with Gasteiger partial charge in [0, 0.05) is 12.2 Å². The first-order valence-electron chi connectivity index (χ1n) is 4.64. The minimum Gasteiger partial charge on any atom is -0.323 e. The summed E-state index contributed by atoms with van der Waals surface area (Å²) in [5.41, 5.74) is 2.46. The number of rotatable bonds is 3. The molecule has 0 saturated heterocycles. The van der Waals surface area contributed by atoms with Gasteiger partial charge in [0.25, 0.3) is 0 Å². The largest absolute Gasteiger partial charge is 0.323 e. The molecule has 1 heterocycles.